The highest BCUT2D eigenvalue weighted by molar-refractivity contribution is 6.24. The van der Waals surface area contributed by atoms with Gasteiger partial charge in [-0.3, -0.25) is 9.59 Å². The van der Waals surface area contributed by atoms with E-state index in [0.29, 0.717) is 5.75 Å². The number of imide groups is 1. The van der Waals surface area contributed by atoms with Gasteiger partial charge in [0.05, 0.1) is 30.9 Å². The number of rotatable bonds is 4. The lowest BCUT2D eigenvalue weighted by Crippen LogP contribution is -2.51. The number of esters is 1. The lowest BCUT2D eigenvalue weighted by Gasteiger charge is -2.34. The third-order valence-corrected chi connectivity index (χ3v) is 7.11. The molecule has 2 aromatic carbocycles. The van der Waals surface area contributed by atoms with Crippen LogP contribution in [0.2, 0.25) is 0 Å². The number of ether oxygens (including phenoxy) is 2. The van der Waals surface area contributed by atoms with E-state index in [2.05, 4.69) is 0 Å². The van der Waals surface area contributed by atoms with Crippen molar-refractivity contribution in [2.45, 2.75) is 38.8 Å². The summed E-state index contributed by atoms with van der Waals surface area (Å²) in [5.74, 6) is -2.21. The fraction of sp³-hybridized carbons (Fsp3) is 0.400. The predicted molar refractivity (Wildman–Crippen MR) is 117 cm³/mol. The molecule has 2 saturated heterocycles. The zero-order chi connectivity index (χ0) is 23.5. The van der Waals surface area contributed by atoms with E-state index in [1.165, 1.54) is 29.2 Å². The summed E-state index contributed by atoms with van der Waals surface area (Å²) < 4.78 is 24.9. The summed E-state index contributed by atoms with van der Waals surface area (Å²) in [5, 5.41) is 0. The average Bonchev–Trinajstić information content (AvgIpc) is 3.19. The number of amides is 3. The smallest absolute Gasteiger partial charge is 0.332 e. The summed E-state index contributed by atoms with van der Waals surface area (Å²) in [6.07, 6.45) is 0.827. The Morgan fingerprint density at radius 3 is 2.58 bits per heavy atom. The van der Waals surface area contributed by atoms with E-state index in [4.69, 9.17) is 9.47 Å². The van der Waals surface area contributed by atoms with Crippen LogP contribution in [0.1, 0.15) is 37.9 Å². The summed E-state index contributed by atoms with van der Waals surface area (Å²) >= 11 is 0. The van der Waals surface area contributed by atoms with Gasteiger partial charge in [-0.1, -0.05) is 19.1 Å². The fourth-order valence-electron chi connectivity index (χ4n) is 5.57. The summed E-state index contributed by atoms with van der Waals surface area (Å²) in [6.45, 7) is 5.72. The van der Waals surface area contributed by atoms with Gasteiger partial charge in [-0.05, 0) is 56.2 Å². The van der Waals surface area contributed by atoms with Crippen molar-refractivity contribution in [2.75, 3.05) is 18.1 Å². The van der Waals surface area contributed by atoms with Gasteiger partial charge in [0, 0.05) is 11.5 Å². The van der Waals surface area contributed by atoms with Crippen molar-refractivity contribution < 1.29 is 28.2 Å². The van der Waals surface area contributed by atoms with Gasteiger partial charge in [0.25, 0.3) is 5.91 Å². The van der Waals surface area contributed by atoms with Crippen LogP contribution in [0.5, 0.6) is 5.75 Å². The zero-order valence-electron chi connectivity index (χ0n) is 18.7. The van der Waals surface area contributed by atoms with E-state index in [9.17, 15) is 18.8 Å². The SMILES string of the molecule is CCOC(=O)[C@@H]1[C@H]2COc3cc(CC)ccc3[C@H]2N2C(=O)N(c3ccc(F)cc3)C(=O)[C@]12C. The molecule has 4 atom stereocenters. The van der Waals surface area contributed by atoms with Crippen molar-refractivity contribution >= 4 is 23.6 Å². The van der Waals surface area contributed by atoms with E-state index >= 15 is 0 Å². The van der Waals surface area contributed by atoms with Crippen molar-refractivity contribution in [1.82, 2.24) is 4.90 Å². The predicted octanol–water partition coefficient (Wildman–Crippen LogP) is 3.86. The molecule has 0 aromatic heterocycles. The van der Waals surface area contributed by atoms with E-state index in [1.807, 2.05) is 25.1 Å². The molecular weight excluding hydrogens is 427 g/mol. The normalized spacial score (nSPS) is 27.7. The fourth-order valence-corrected chi connectivity index (χ4v) is 5.57. The van der Waals surface area contributed by atoms with E-state index in [0.717, 1.165) is 22.4 Å². The third-order valence-electron chi connectivity index (χ3n) is 7.11. The van der Waals surface area contributed by atoms with E-state index in [-0.39, 0.29) is 18.9 Å². The van der Waals surface area contributed by atoms with Crippen LogP contribution in [-0.2, 0) is 20.7 Å². The number of carbonyl (C=O) groups excluding carboxylic acids is 3. The highest BCUT2D eigenvalue weighted by atomic mass is 19.1. The maximum absolute atomic E-state index is 13.8. The van der Waals surface area contributed by atoms with Crippen LogP contribution >= 0.6 is 0 Å². The highest BCUT2D eigenvalue weighted by Gasteiger charge is 2.72. The maximum Gasteiger partial charge on any atom is 0.332 e. The molecule has 3 aliphatic rings. The largest absolute Gasteiger partial charge is 0.493 e. The van der Waals surface area contributed by atoms with E-state index < -0.39 is 47.1 Å². The van der Waals surface area contributed by atoms with E-state index in [1.54, 1.807) is 13.8 Å². The maximum atomic E-state index is 13.8. The molecule has 172 valence electrons. The van der Waals surface area contributed by atoms with Gasteiger partial charge in [0.2, 0.25) is 0 Å². The molecule has 2 aromatic rings. The zero-order valence-corrected chi connectivity index (χ0v) is 18.7. The summed E-state index contributed by atoms with van der Waals surface area (Å²) in [6, 6.07) is 9.94. The molecular formula is C25H25FN2O5. The van der Waals surface area contributed by atoms with Crippen LogP contribution in [0, 0.1) is 17.7 Å². The van der Waals surface area contributed by atoms with Gasteiger partial charge in [-0.25, -0.2) is 14.1 Å². The molecule has 0 radical (unpaired) electrons. The number of fused-ring (bicyclic) bond motifs is 5. The number of halogens is 1. The Morgan fingerprint density at radius 1 is 1.18 bits per heavy atom. The lowest BCUT2D eigenvalue weighted by molar-refractivity contribution is -0.154. The molecule has 5 rings (SSSR count). The number of benzene rings is 2. The van der Waals surface area contributed by atoms with Crippen LogP contribution < -0.4 is 9.64 Å². The minimum absolute atomic E-state index is 0.157. The lowest BCUT2D eigenvalue weighted by atomic mass is 9.77. The van der Waals surface area contributed by atoms with Gasteiger partial charge in [-0.2, -0.15) is 0 Å². The second-order valence-electron chi connectivity index (χ2n) is 8.79. The number of nitrogens with zero attached hydrogens (tertiary/aromatic N) is 2. The monoisotopic (exact) mass is 452 g/mol. The number of urea groups is 1. The topological polar surface area (TPSA) is 76.2 Å². The summed E-state index contributed by atoms with van der Waals surface area (Å²) in [4.78, 5) is 43.3. The van der Waals surface area contributed by atoms with Crippen LogP contribution in [0.25, 0.3) is 0 Å². The number of hydrogen-bond acceptors (Lipinski definition) is 5. The molecule has 0 bridgehead atoms. The van der Waals surface area contributed by atoms with Crippen molar-refractivity contribution in [2.24, 2.45) is 11.8 Å². The number of anilines is 1. The minimum Gasteiger partial charge on any atom is -0.493 e. The Morgan fingerprint density at radius 2 is 1.91 bits per heavy atom. The molecule has 8 heteroatoms. The molecule has 3 aliphatic heterocycles. The number of carbonyl (C=O) groups is 3. The Labute approximate surface area is 191 Å². The molecule has 7 nitrogen and oxygen atoms in total. The van der Waals surface area contributed by atoms with Gasteiger partial charge in [0.15, 0.2) is 0 Å². The first kappa shape index (κ1) is 21.4. The van der Waals surface area contributed by atoms with Crippen molar-refractivity contribution in [1.29, 1.82) is 0 Å². The number of aryl methyl sites for hydroxylation is 1. The Kier molecular flexibility index (Phi) is 4.92. The molecule has 0 spiro atoms. The summed E-state index contributed by atoms with van der Waals surface area (Å²) in [7, 11) is 0. The molecule has 0 aliphatic carbocycles. The van der Waals surface area contributed by atoms with Crippen molar-refractivity contribution in [3.63, 3.8) is 0 Å². The molecule has 2 fully saturated rings. The van der Waals surface area contributed by atoms with Crippen molar-refractivity contribution in [3.05, 3.63) is 59.4 Å². The van der Waals surface area contributed by atoms with Crippen LogP contribution in [0.4, 0.5) is 14.9 Å². The Bertz CT molecular complexity index is 1150. The second kappa shape index (κ2) is 7.57. The Hall–Kier alpha value is -3.42. The van der Waals surface area contributed by atoms with Gasteiger partial charge in [0.1, 0.15) is 17.1 Å². The van der Waals surface area contributed by atoms with Gasteiger partial charge in [-0.15, -0.1) is 0 Å². The quantitative estimate of drug-likeness (QED) is 0.520. The second-order valence-corrected chi connectivity index (χ2v) is 8.79. The first-order valence-corrected chi connectivity index (χ1v) is 11.2. The Balaban J connectivity index is 1.66. The molecule has 3 amide bonds. The highest BCUT2D eigenvalue weighted by Crippen LogP contribution is 2.58. The third kappa shape index (κ3) is 2.89. The average molecular weight is 452 g/mol. The van der Waals surface area contributed by atoms with Gasteiger partial charge < -0.3 is 14.4 Å². The molecule has 3 heterocycles. The standard InChI is InChI=1S/C25H25FN2O5/c1-4-14-6-11-17-19(12-14)33-13-18-20(22(29)32-5-2)25(3)23(30)27(24(31)28(25)21(17)18)16-9-7-15(26)8-10-16/h6-12,18,20-21H,4-5,13H2,1-3H3/t18-,20+,21-,25+/m1/s1. The van der Waals surface area contributed by atoms with Crippen LogP contribution in [0.3, 0.4) is 0 Å². The van der Waals surface area contributed by atoms with Crippen LogP contribution in [-0.4, -0.2) is 41.6 Å². The molecule has 0 saturated carbocycles. The van der Waals surface area contributed by atoms with Gasteiger partial charge >= 0.3 is 12.0 Å². The summed E-state index contributed by atoms with van der Waals surface area (Å²) in [5.41, 5.74) is 0.659. The minimum atomic E-state index is -1.46. The molecule has 33 heavy (non-hydrogen) atoms. The first-order chi connectivity index (χ1) is 15.8. The molecule has 0 N–H and O–H groups in total. The molecule has 0 unspecified atom stereocenters. The number of hydrogen-bond donors (Lipinski definition) is 0. The first-order valence-electron chi connectivity index (χ1n) is 11.2. The van der Waals surface area contributed by atoms with Crippen molar-refractivity contribution in [3.8, 4) is 5.75 Å². The van der Waals surface area contributed by atoms with Crippen LogP contribution in [0.15, 0.2) is 42.5 Å².